The molecule has 2 nitrogen and oxygen atoms in total. The molecule has 0 amide bonds. The van der Waals surface area contributed by atoms with Crippen molar-refractivity contribution in [3.8, 4) is 0 Å². The Labute approximate surface area is 136 Å². The largest absolute Gasteiger partial charge is 0.309 e. The summed E-state index contributed by atoms with van der Waals surface area (Å²) in [5.74, 6) is 0.632. The Morgan fingerprint density at radius 1 is 1.45 bits per heavy atom. The van der Waals surface area contributed by atoms with Crippen LogP contribution >= 0.6 is 27.5 Å². The Bertz CT molecular complexity index is 474. The molecule has 4 heteroatoms. The van der Waals surface area contributed by atoms with Gasteiger partial charge in [0.15, 0.2) is 0 Å². The first-order valence-corrected chi connectivity index (χ1v) is 8.38. The molecule has 20 heavy (non-hydrogen) atoms. The first-order valence-electron chi connectivity index (χ1n) is 7.21. The fourth-order valence-corrected chi connectivity index (χ4v) is 3.62. The Morgan fingerprint density at radius 3 is 2.75 bits per heavy atom. The number of nitrogens with zero attached hydrogens (tertiary/aromatic N) is 1. The normalized spacial score (nSPS) is 23.2. The van der Waals surface area contributed by atoms with Crippen LogP contribution < -0.4 is 5.32 Å². The summed E-state index contributed by atoms with van der Waals surface area (Å²) in [4.78, 5) is 2.57. The van der Waals surface area contributed by atoms with Crippen LogP contribution in [0, 0.1) is 5.92 Å². The average Bonchev–Trinajstić information content (AvgIpc) is 2.31. The maximum absolute atomic E-state index is 6.37. The molecule has 0 aromatic heterocycles. The minimum Gasteiger partial charge on any atom is -0.309 e. The quantitative estimate of drug-likeness (QED) is 0.865. The van der Waals surface area contributed by atoms with E-state index in [1.54, 1.807) is 0 Å². The van der Waals surface area contributed by atoms with Crippen molar-refractivity contribution >= 4 is 27.5 Å². The molecule has 112 valence electrons. The highest BCUT2D eigenvalue weighted by atomic mass is 79.9. The summed E-state index contributed by atoms with van der Waals surface area (Å²) in [5.41, 5.74) is 1.37. The topological polar surface area (TPSA) is 15.3 Å². The van der Waals surface area contributed by atoms with E-state index in [-0.39, 0.29) is 5.54 Å². The van der Waals surface area contributed by atoms with E-state index in [0.29, 0.717) is 12.0 Å². The van der Waals surface area contributed by atoms with Crippen molar-refractivity contribution in [2.45, 2.75) is 45.8 Å². The zero-order valence-electron chi connectivity index (χ0n) is 12.7. The fourth-order valence-electron chi connectivity index (χ4n) is 2.89. The smallest absolute Gasteiger partial charge is 0.0462 e. The van der Waals surface area contributed by atoms with Crippen LogP contribution in [0.2, 0.25) is 5.02 Å². The van der Waals surface area contributed by atoms with Gasteiger partial charge in [-0.2, -0.15) is 0 Å². The van der Waals surface area contributed by atoms with Gasteiger partial charge in [0.05, 0.1) is 0 Å². The molecule has 0 aliphatic carbocycles. The highest BCUT2D eigenvalue weighted by Gasteiger charge is 2.33. The van der Waals surface area contributed by atoms with Crippen molar-refractivity contribution < 1.29 is 0 Å². The second kappa shape index (κ2) is 6.35. The van der Waals surface area contributed by atoms with Crippen LogP contribution in [-0.4, -0.2) is 29.6 Å². The zero-order chi connectivity index (χ0) is 14.9. The molecule has 0 radical (unpaired) electrons. The number of halogens is 2. The monoisotopic (exact) mass is 358 g/mol. The second-order valence-corrected chi connectivity index (χ2v) is 8.04. The van der Waals surface area contributed by atoms with Crippen molar-refractivity contribution in [3.05, 3.63) is 33.3 Å². The van der Waals surface area contributed by atoms with E-state index < -0.39 is 0 Å². The van der Waals surface area contributed by atoms with Gasteiger partial charge in [0.2, 0.25) is 0 Å². The molecule has 1 aliphatic heterocycles. The van der Waals surface area contributed by atoms with Crippen LogP contribution in [0.15, 0.2) is 22.7 Å². The molecule has 1 atom stereocenters. The lowest BCUT2D eigenvalue weighted by Crippen LogP contribution is -2.62. The van der Waals surface area contributed by atoms with Gasteiger partial charge >= 0.3 is 0 Å². The van der Waals surface area contributed by atoms with E-state index >= 15 is 0 Å². The zero-order valence-corrected chi connectivity index (χ0v) is 15.1. The van der Waals surface area contributed by atoms with E-state index in [0.717, 1.165) is 29.1 Å². The predicted octanol–water partition coefficient (Wildman–Crippen LogP) is 4.31. The molecule has 0 bridgehead atoms. The summed E-state index contributed by atoms with van der Waals surface area (Å²) in [6.07, 6.45) is 0. The maximum atomic E-state index is 6.37. The highest BCUT2D eigenvalue weighted by molar-refractivity contribution is 9.10. The first kappa shape index (κ1) is 16.3. The third-order valence-electron chi connectivity index (χ3n) is 4.02. The molecule has 1 aromatic carbocycles. The lowest BCUT2D eigenvalue weighted by Gasteiger charge is -2.46. The number of benzene rings is 1. The average molecular weight is 360 g/mol. The van der Waals surface area contributed by atoms with E-state index in [1.807, 2.05) is 6.07 Å². The third kappa shape index (κ3) is 3.97. The van der Waals surface area contributed by atoms with E-state index in [9.17, 15) is 0 Å². The van der Waals surface area contributed by atoms with Crippen LogP contribution in [0.4, 0.5) is 0 Å². The van der Waals surface area contributed by atoms with Gasteiger partial charge in [0.1, 0.15) is 0 Å². The minimum absolute atomic E-state index is 0.160. The summed E-state index contributed by atoms with van der Waals surface area (Å²) >= 11 is 9.84. The highest BCUT2D eigenvalue weighted by Crippen LogP contribution is 2.27. The van der Waals surface area contributed by atoms with Crippen molar-refractivity contribution in [1.29, 1.82) is 0 Å². The van der Waals surface area contributed by atoms with Gasteiger partial charge in [0, 0.05) is 40.7 Å². The molecular weight excluding hydrogens is 336 g/mol. The van der Waals surface area contributed by atoms with Crippen LogP contribution in [-0.2, 0) is 6.54 Å². The van der Waals surface area contributed by atoms with E-state index in [4.69, 9.17) is 11.6 Å². The standard InChI is InChI=1S/C16H24BrClN2/c1-11(2)15-8-19-16(3,4)10-20(15)9-12-5-6-13(17)7-14(12)18/h5-7,11,15,19H,8-10H2,1-4H3. The molecule has 1 fully saturated rings. The van der Waals surface area contributed by atoms with E-state index in [1.165, 1.54) is 5.56 Å². The Hall–Kier alpha value is -0.0900. The van der Waals surface area contributed by atoms with Crippen molar-refractivity contribution in [3.63, 3.8) is 0 Å². The van der Waals surface area contributed by atoms with Crippen molar-refractivity contribution in [2.75, 3.05) is 13.1 Å². The van der Waals surface area contributed by atoms with Gasteiger partial charge in [0.25, 0.3) is 0 Å². The number of nitrogens with one attached hydrogen (secondary N) is 1. The summed E-state index contributed by atoms with van der Waals surface area (Å²) in [5, 5.41) is 4.49. The van der Waals surface area contributed by atoms with Crippen LogP contribution in [0.25, 0.3) is 0 Å². The third-order valence-corrected chi connectivity index (χ3v) is 4.86. The molecule has 1 heterocycles. The van der Waals surface area contributed by atoms with E-state index in [2.05, 4.69) is 66.0 Å². The molecule has 1 N–H and O–H groups in total. The lowest BCUT2D eigenvalue weighted by molar-refractivity contribution is 0.0627. The Kier molecular flexibility index (Phi) is 5.17. The minimum atomic E-state index is 0.160. The van der Waals surface area contributed by atoms with Gasteiger partial charge < -0.3 is 5.32 Å². The Morgan fingerprint density at radius 2 is 2.15 bits per heavy atom. The molecular formula is C16H24BrClN2. The first-order chi connectivity index (χ1) is 9.28. The number of rotatable bonds is 3. The second-order valence-electron chi connectivity index (χ2n) is 6.72. The maximum Gasteiger partial charge on any atom is 0.0462 e. The summed E-state index contributed by atoms with van der Waals surface area (Å²) in [6, 6.07) is 6.73. The van der Waals surface area contributed by atoms with Crippen LogP contribution in [0.5, 0.6) is 0 Å². The number of hydrogen-bond donors (Lipinski definition) is 1. The van der Waals surface area contributed by atoms with Gasteiger partial charge in [-0.3, -0.25) is 4.90 Å². The molecule has 0 saturated carbocycles. The number of piperazine rings is 1. The summed E-state index contributed by atoms with van der Waals surface area (Å²) in [6.45, 7) is 12.1. The number of hydrogen-bond acceptors (Lipinski definition) is 2. The van der Waals surface area contributed by atoms with Gasteiger partial charge in [-0.25, -0.2) is 0 Å². The molecule has 1 unspecified atom stereocenters. The molecule has 1 aliphatic rings. The summed E-state index contributed by atoms with van der Waals surface area (Å²) < 4.78 is 1.03. The van der Waals surface area contributed by atoms with Crippen molar-refractivity contribution in [1.82, 2.24) is 10.2 Å². The van der Waals surface area contributed by atoms with Crippen molar-refractivity contribution in [2.24, 2.45) is 5.92 Å². The van der Waals surface area contributed by atoms with Gasteiger partial charge in [-0.15, -0.1) is 0 Å². The Balaban J connectivity index is 2.18. The van der Waals surface area contributed by atoms with Crippen LogP contribution in [0.3, 0.4) is 0 Å². The predicted molar refractivity (Wildman–Crippen MR) is 90.3 cm³/mol. The molecule has 0 spiro atoms. The summed E-state index contributed by atoms with van der Waals surface area (Å²) in [7, 11) is 0. The van der Waals surface area contributed by atoms with Crippen LogP contribution in [0.1, 0.15) is 33.3 Å². The van der Waals surface area contributed by atoms with Gasteiger partial charge in [-0.05, 0) is 37.5 Å². The lowest BCUT2D eigenvalue weighted by atomic mass is 9.92. The molecule has 1 aromatic rings. The SMILES string of the molecule is CC(C)C1CNC(C)(C)CN1Cc1ccc(Br)cc1Cl. The fraction of sp³-hybridized carbons (Fsp3) is 0.625. The molecule has 1 saturated heterocycles. The molecule has 2 rings (SSSR count). The van der Waals surface area contributed by atoms with Gasteiger partial charge in [-0.1, -0.05) is 47.4 Å².